The van der Waals surface area contributed by atoms with Crippen LogP contribution >= 0.6 is 0 Å². The molecule has 9 heteroatoms. The summed E-state index contributed by atoms with van der Waals surface area (Å²) in [7, 11) is -4.81. The molecule has 94 valence electrons. The van der Waals surface area contributed by atoms with Gasteiger partial charge in [-0.2, -0.15) is 8.78 Å². The zero-order chi connectivity index (χ0) is 12.6. The fraction of sp³-hybridized carbons (Fsp3) is 0.857. The smallest absolute Gasteiger partial charge is 0.350 e. The molecule has 16 heavy (non-hydrogen) atoms. The highest BCUT2D eigenvalue weighted by Crippen LogP contribution is 2.29. The van der Waals surface area contributed by atoms with E-state index in [1.54, 1.807) is 4.72 Å². The molecule has 0 aromatic carbocycles. The number of hydrogen-bond donors (Lipinski definition) is 2. The first-order valence-electron chi connectivity index (χ1n) is 4.30. The normalized spacial score (nSPS) is 30.9. The van der Waals surface area contributed by atoms with E-state index in [0.717, 1.165) is 0 Å². The van der Waals surface area contributed by atoms with Gasteiger partial charge in [-0.15, -0.1) is 0 Å². The molecule has 0 bridgehead atoms. The molecule has 0 saturated carbocycles. The van der Waals surface area contributed by atoms with Crippen LogP contribution in [0.4, 0.5) is 8.78 Å². The second kappa shape index (κ2) is 4.22. The van der Waals surface area contributed by atoms with Crippen molar-refractivity contribution in [3.05, 3.63) is 0 Å². The van der Waals surface area contributed by atoms with Crippen LogP contribution in [0.5, 0.6) is 0 Å². The molecule has 0 aromatic heterocycles. The fourth-order valence-corrected chi connectivity index (χ4v) is 2.13. The molecule has 2 unspecified atom stereocenters. The lowest BCUT2D eigenvalue weighted by atomic mass is 9.86. The number of rotatable bonds is 4. The maximum atomic E-state index is 12.1. The van der Waals surface area contributed by atoms with Crippen molar-refractivity contribution in [1.82, 2.24) is 4.72 Å². The number of aliphatic carboxylic acids is 1. The highest BCUT2D eigenvalue weighted by molar-refractivity contribution is 7.89. The van der Waals surface area contributed by atoms with Crippen LogP contribution in [0.25, 0.3) is 0 Å². The van der Waals surface area contributed by atoms with Gasteiger partial charge in [0, 0.05) is 0 Å². The summed E-state index contributed by atoms with van der Waals surface area (Å²) >= 11 is 0. The summed E-state index contributed by atoms with van der Waals surface area (Å²) in [5, 5.41) is 8.88. The van der Waals surface area contributed by atoms with Crippen molar-refractivity contribution in [3.8, 4) is 0 Å². The molecule has 2 atom stereocenters. The first kappa shape index (κ1) is 13.3. The summed E-state index contributed by atoms with van der Waals surface area (Å²) in [5.74, 6) is -4.89. The van der Waals surface area contributed by atoms with Crippen molar-refractivity contribution in [3.63, 3.8) is 0 Å². The minimum atomic E-state index is -4.81. The topological polar surface area (TPSA) is 92.7 Å². The number of sulfonamides is 1. The molecule has 1 aliphatic rings. The third-order valence-corrected chi connectivity index (χ3v) is 3.57. The monoisotopic (exact) mass is 259 g/mol. The SMILES string of the molecule is CC1(C(=O)O)COCC1NS(=O)(=O)C(F)F. The number of hydrogen-bond acceptors (Lipinski definition) is 4. The van der Waals surface area contributed by atoms with E-state index in [0.29, 0.717) is 0 Å². The third kappa shape index (κ3) is 2.30. The lowest BCUT2D eigenvalue weighted by Crippen LogP contribution is -2.50. The van der Waals surface area contributed by atoms with Gasteiger partial charge in [0.2, 0.25) is 0 Å². The van der Waals surface area contributed by atoms with Crippen LogP contribution in [-0.2, 0) is 19.6 Å². The van der Waals surface area contributed by atoms with Gasteiger partial charge in [-0.3, -0.25) is 4.79 Å². The molecule has 1 aliphatic heterocycles. The van der Waals surface area contributed by atoms with Crippen molar-refractivity contribution >= 4 is 16.0 Å². The molecule has 0 radical (unpaired) electrons. The number of halogens is 2. The zero-order valence-electron chi connectivity index (χ0n) is 8.31. The van der Waals surface area contributed by atoms with E-state index in [-0.39, 0.29) is 13.2 Å². The van der Waals surface area contributed by atoms with Crippen molar-refractivity contribution in [2.24, 2.45) is 5.41 Å². The van der Waals surface area contributed by atoms with Gasteiger partial charge >= 0.3 is 11.7 Å². The highest BCUT2D eigenvalue weighted by Gasteiger charge is 2.49. The van der Waals surface area contributed by atoms with Gasteiger partial charge < -0.3 is 9.84 Å². The van der Waals surface area contributed by atoms with Crippen molar-refractivity contribution in [2.45, 2.75) is 18.7 Å². The van der Waals surface area contributed by atoms with Gasteiger partial charge in [-0.05, 0) is 6.92 Å². The number of carbonyl (C=O) groups is 1. The van der Waals surface area contributed by atoms with E-state index in [1.165, 1.54) is 6.92 Å². The number of nitrogens with one attached hydrogen (secondary N) is 1. The molecule has 0 aliphatic carbocycles. The van der Waals surface area contributed by atoms with E-state index in [1.807, 2.05) is 0 Å². The van der Waals surface area contributed by atoms with E-state index in [2.05, 4.69) is 0 Å². The average Bonchev–Trinajstić information content (AvgIpc) is 2.48. The summed E-state index contributed by atoms with van der Waals surface area (Å²) in [4.78, 5) is 10.9. The highest BCUT2D eigenvalue weighted by atomic mass is 32.2. The molecule has 1 rings (SSSR count). The Bertz CT molecular complexity index is 384. The van der Waals surface area contributed by atoms with Crippen LogP contribution < -0.4 is 4.72 Å². The molecule has 0 spiro atoms. The number of carboxylic acids is 1. The molecule has 0 amide bonds. The van der Waals surface area contributed by atoms with Crippen molar-refractivity contribution in [2.75, 3.05) is 13.2 Å². The first-order chi connectivity index (χ1) is 7.20. The zero-order valence-corrected chi connectivity index (χ0v) is 9.13. The Morgan fingerprint density at radius 1 is 1.62 bits per heavy atom. The van der Waals surface area contributed by atoms with Crippen LogP contribution in [0.3, 0.4) is 0 Å². The summed E-state index contributed by atoms with van der Waals surface area (Å²) < 4.78 is 52.4. The lowest BCUT2D eigenvalue weighted by Gasteiger charge is -2.24. The van der Waals surface area contributed by atoms with Gasteiger partial charge in [0.15, 0.2) is 0 Å². The Hall–Kier alpha value is -0.800. The van der Waals surface area contributed by atoms with Crippen LogP contribution in [0.15, 0.2) is 0 Å². The Morgan fingerprint density at radius 2 is 2.19 bits per heavy atom. The quantitative estimate of drug-likeness (QED) is 0.717. The Labute approximate surface area is 90.6 Å². The van der Waals surface area contributed by atoms with Crippen molar-refractivity contribution < 1.29 is 31.8 Å². The number of carboxylic acid groups (broad SMARTS) is 1. The van der Waals surface area contributed by atoms with E-state index in [9.17, 15) is 22.0 Å². The third-order valence-electron chi connectivity index (χ3n) is 2.49. The second-order valence-electron chi connectivity index (χ2n) is 3.71. The predicted molar refractivity (Wildman–Crippen MR) is 48.4 cm³/mol. The molecule has 1 fully saturated rings. The van der Waals surface area contributed by atoms with E-state index < -0.39 is 33.2 Å². The Kier molecular flexibility index (Phi) is 3.50. The Balaban J connectivity index is 2.87. The van der Waals surface area contributed by atoms with Gasteiger partial charge in [-0.1, -0.05) is 0 Å². The molecule has 0 aromatic rings. The number of ether oxygens (including phenoxy) is 1. The van der Waals surface area contributed by atoms with Crippen LogP contribution in [0, 0.1) is 5.41 Å². The average molecular weight is 259 g/mol. The van der Waals surface area contributed by atoms with Gasteiger partial charge in [-0.25, -0.2) is 13.1 Å². The summed E-state index contributed by atoms with van der Waals surface area (Å²) in [6.45, 7) is 0.772. The molecular weight excluding hydrogens is 248 g/mol. The van der Waals surface area contributed by atoms with Crippen molar-refractivity contribution in [1.29, 1.82) is 0 Å². The van der Waals surface area contributed by atoms with E-state index in [4.69, 9.17) is 9.84 Å². The maximum absolute atomic E-state index is 12.1. The Morgan fingerprint density at radius 3 is 2.62 bits per heavy atom. The standard InChI is InChI=1S/C7H11F2NO5S/c1-7(5(11)12)3-15-2-4(7)10-16(13,14)6(8)9/h4,6,10H,2-3H2,1H3,(H,11,12). The van der Waals surface area contributed by atoms with Crippen LogP contribution in [-0.4, -0.2) is 44.5 Å². The van der Waals surface area contributed by atoms with Gasteiger partial charge in [0.25, 0.3) is 10.0 Å². The number of alkyl halides is 2. The fourth-order valence-electron chi connectivity index (χ4n) is 1.30. The first-order valence-corrected chi connectivity index (χ1v) is 5.85. The molecule has 6 nitrogen and oxygen atoms in total. The maximum Gasteiger partial charge on any atom is 0.350 e. The van der Waals surface area contributed by atoms with Crippen LogP contribution in [0.1, 0.15) is 6.92 Å². The largest absolute Gasteiger partial charge is 0.481 e. The lowest BCUT2D eigenvalue weighted by molar-refractivity contribution is -0.148. The molecular formula is C7H11F2NO5S. The minimum Gasteiger partial charge on any atom is -0.481 e. The molecule has 2 N–H and O–H groups in total. The second-order valence-corrected chi connectivity index (χ2v) is 5.40. The summed E-state index contributed by atoms with van der Waals surface area (Å²) in [6.07, 6.45) is 0. The minimum absolute atomic E-state index is 0.223. The van der Waals surface area contributed by atoms with Gasteiger partial charge in [0.1, 0.15) is 5.41 Å². The summed E-state index contributed by atoms with van der Waals surface area (Å²) in [6, 6.07) is -1.19. The van der Waals surface area contributed by atoms with Crippen LogP contribution in [0.2, 0.25) is 0 Å². The van der Waals surface area contributed by atoms with E-state index >= 15 is 0 Å². The predicted octanol–water partition coefficient (Wildman–Crippen LogP) is -0.382. The molecule has 1 heterocycles. The molecule has 1 saturated heterocycles. The summed E-state index contributed by atoms with van der Waals surface area (Å²) in [5.41, 5.74) is -1.53. The van der Waals surface area contributed by atoms with Gasteiger partial charge in [0.05, 0.1) is 19.3 Å².